The van der Waals surface area contributed by atoms with Gasteiger partial charge in [0.2, 0.25) is 0 Å². The van der Waals surface area contributed by atoms with Crippen molar-refractivity contribution in [1.29, 1.82) is 0 Å². The molecular formula is C16H23NO2. The summed E-state index contributed by atoms with van der Waals surface area (Å²) in [5.41, 5.74) is 2.09. The number of nitrogens with one attached hydrogen (secondary N) is 1. The van der Waals surface area contributed by atoms with Crippen LogP contribution in [0.3, 0.4) is 0 Å². The molecule has 3 heteroatoms. The van der Waals surface area contributed by atoms with Crippen molar-refractivity contribution in [3.05, 3.63) is 35.4 Å². The van der Waals surface area contributed by atoms with Gasteiger partial charge in [0.25, 0.3) is 0 Å². The van der Waals surface area contributed by atoms with Crippen LogP contribution < -0.4 is 5.32 Å². The molecule has 0 amide bonds. The van der Waals surface area contributed by atoms with Crippen LogP contribution in [0.25, 0.3) is 0 Å². The minimum absolute atomic E-state index is 0.155. The second-order valence-corrected chi connectivity index (χ2v) is 6.78. The quantitative estimate of drug-likeness (QED) is 0.867. The zero-order valence-corrected chi connectivity index (χ0v) is 11.8. The predicted octanol–water partition coefficient (Wildman–Crippen LogP) is 1.53. The second-order valence-electron chi connectivity index (χ2n) is 6.78. The van der Waals surface area contributed by atoms with Crippen molar-refractivity contribution in [2.75, 3.05) is 19.8 Å². The number of fused-ring (bicyclic) bond motifs is 1. The van der Waals surface area contributed by atoms with Crippen molar-refractivity contribution in [3.8, 4) is 0 Å². The highest BCUT2D eigenvalue weighted by atomic mass is 16.5. The van der Waals surface area contributed by atoms with Crippen molar-refractivity contribution < 1.29 is 9.84 Å². The number of hydrogen-bond donors (Lipinski definition) is 2. The molecule has 104 valence electrons. The molecule has 1 unspecified atom stereocenters. The van der Waals surface area contributed by atoms with Gasteiger partial charge in [-0.15, -0.1) is 0 Å². The SMILES string of the molecule is CC1(C)COCC1NCC1(O)Cc2ccccc2C1. The van der Waals surface area contributed by atoms with E-state index < -0.39 is 5.60 Å². The van der Waals surface area contributed by atoms with E-state index in [0.29, 0.717) is 12.6 Å². The van der Waals surface area contributed by atoms with Crippen LogP contribution >= 0.6 is 0 Å². The summed E-state index contributed by atoms with van der Waals surface area (Å²) < 4.78 is 5.54. The normalized spacial score (nSPS) is 27.4. The highest BCUT2D eigenvalue weighted by Gasteiger charge is 2.39. The maximum absolute atomic E-state index is 10.7. The molecule has 1 heterocycles. The van der Waals surface area contributed by atoms with E-state index in [0.717, 1.165) is 26.1 Å². The van der Waals surface area contributed by atoms with E-state index in [1.807, 2.05) is 12.1 Å². The number of rotatable bonds is 3. The van der Waals surface area contributed by atoms with Crippen LogP contribution in [0.1, 0.15) is 25.0 Å². The molecule has 1 aromatic carbocycles. The van der Waals surface area contributed by atoms with E-state index in [4.69, 9.17) is 4.74 Å². The number of hydrogen-bond acceptors (Lipinski definition) is 3. The lowest BCUT2D eigenvalue weighted by Crippen LogP contribution is -2.49. The molecule has 1 aromatic rings. The monoisotopic (exact) mass is 261 g/mol. The topological polar surface area (TPSA) is 41.5 Å². The average molecular weight is 261 g/mol. The summed E-state index contributed by atoms with van der Waals surface area (Å²) in [6, 6.07) is 8.67. The molecule has 0 aromatic heterocycles. The van der Waals surface area contributed by atoms with Gasteiger partial charge < -0.3 is 15.2 Å². The Morgan fingerprint density at radius 1 is 1.26 bits per heavy atom. The summed E-state index contributed by atoms with van der Waals surface area (Å²) in [6.45, 7) is 6.61. The first-order valence-corrected chi connectivity index (χ1v) is 7.09. The molecule has 1 atom stereocenters. The smallest absolute Gasteiger partial charge is 0.0852 e. The van der Waals surface area contributed by atoms with Gasteiger partial charge >= 0.3 is 0 Å². The molecule has 2 aliphatic rings. The van der Waals surface area contributed by atoms with E-state index in [2.05, 4.69) is 31.3 Å². The van der Waals surface area contributed by atoms with E-state index >= 15 is 0 Å². The van der Waals surface area contributed by atoms with Gasteiger partial charge in [-0.05, 0) is 11.1 Å². The summed E-state index contributed by atoms with van der Waals surface area (Å²) in [6.07, 6.45) is 1.51. The summed E-state index contributed by atoms with van der Waals surface area (Å²) in [5.74, 6) is 0. The molecule has 1 saturated heterocycles. The van der Waals surface area contributed by atoms with E-state index in [1.165, 1.54) is 11.1 Å². The third-order valence-corrected chi connectivity index (χ3v) is 4.54. The average Bonchev–Trinajstić information content (AvgIpc) is 2.85. The molecule has 2 N–H and O–H groups in total. The summed E-state index contributed by atoms with van der Waals surface area (Å²) >= 11 is 0. The maximum atomic E-state index is 10.7. The molecule has 0 bridgehead atoms. The van der Waals surface area contributed by atoms with E-state index in [-0.39, 0.29) is 5.41 Å². The van der Waals surface area contributed by atoms with Crippen molar-refractivity contribution in [2.24, 2.45) is 5.41 Å². The first-order chi connectivity index (χ1) is 8.99. The summed E-state index contributed by atoms with van der Waals surface area (Å²) in [5, 5.41) is 14.3. The molecule has 1 aliphatic carbocycles. The highest BCUT2D eigenvalue weighted by Crippen LogP contribution is 2.31. The molecule has 1 aliphatic heterocycles. The fraction of sp³-hybridized carbons (Fsp3) is 0.625. The Bertz CT molecular complexity index is 445. The molecule has 1 fully saturated rings. The number of benzene rings is 1. The van der Waals surface area contributed by atoms with Crippen molar-refractivity contribution in [1.82, 2.24) is 5.32 Å². The Balaban J connectivity index is 1.63. The van der Waals surface area contributed by atoms with Gasteiger partial charge in [0.15, 0.2) is 0 Å². The first-order valence-electron chi connectivity index (χ1n) is 7.09. The number of ether oxygens (including phenoxy) is 1. The standard InChI is InChI=1S/C16H23NO2/c1-15(2)11-19-9-14(15)17-10-16(18)7-12-5-3-4-6-13(12)8-16/h3-6,14,17-18H,7-11H2,1-2H3. The van der Waals surface area contributed by atoms with E-state index in [1.54, 1.807) is 0 Å². The molecule has 0 radical (unpaired) electrons. The van der Waals surface area contributed by atoms with Crippen molar-refractivity contribution in [3.63, 3.8) is 0 Å². The molecule has 0 spiro atoms. The van der Waals surface area contributed by atoms with Crippen molar-refractivity contribution >= 4 is 0 Å². The summed E-state index contributed by atoms with van der Waals surface area (Å²) in [7, 11) is 0. The largest absolute Gasteiger partial charge is 0.388 e. The fourth-order valence-corrected chi connectivity index (χ4v) is 3.21. The molecule has 3 rings (SSSR count). The molecule has 0 saturated carbocycles. The lowest BCUT2D eigenvalue weighted by Gasteiger charge is -2.30. The van der Waals surface area contributed by atoms with Crippen LogP contribution in [0.5, 0.6) is 0 Å². The Labute approximate surface area is 115 Å². The zero-order valence-electron chi connectivity index (χ0n) is 11.8. The minimum Gasteiger partial charge on any atom is -0.388 e. The second kappa shape index (κ2) is 4.58. The summed E-state index contributed by atoms with van der Waals surface area (Å²) in [4.78, 5) is 0. The Morgan fingerprint density at radius 3 is 2.42 bits per heavy atom. The van der Waals surface area contributed by atoms with Crippen LogP contribution in [0.2, 0.25) is 0 Å². The Hall–Kier alpha value is -0.900. The van der Waals surface area contributed by atoms with Gasteiger partial charge in [-0.1, -0.05) is 38.1 Å². The van der Waals surface area contributed by atoms with Crippen LogP contribution in [0.15, 0.2) is 24.3 Å². The van der Waals surface area contributed by atoms with Crippen LogP contribution in [0.4, 0.5) is 0 Å². The third kappa shape index (κ3) is 2.55. The van der Waals surface area contributed by atoms with Gasteiger partial charge in [0.05, 0.1) is 18.8 Å². The highest BCUT2D eigenvalue weighted by molar-refractivity contribution is 5.35. The van der Waals surface area contributed by atoms with Gasteiger partial charge in [0.1, 0.15) is 0 Å². The zero-order chi connectivity index (χ0) is 13.5. The Morgan fingerprint density at radius 2 is 1.89 bits per heavy atom. The van der Waals surface area contributed by atoms with Gasteiger partial charge in [-0.3, -0.25) is 0 Å². The van der Waals surface area contributed by atoms with Crippen LogP contribution in [-0.2, 0) is 17.6 Å². The lowest BCUT2D eigenvalue weighted by molar-refractivity contribution is 0.0451. The van der Waals surface area contributed by atoms with Crippen LogP contribution in [0, 0.1) is 5.41 Å². The predicted molar refractivity (Wildman–Crippen MR) is 75.2 cm³/mol. The lowest BCUT2D eigenvalue weighted by atomic mass is 9.87. The fourth-order valence-electron chi connectivity index (χ4n) is 3.21. The Kier molecular flexibility index (Phi) is 3.16. The molecule has 3 nitrogen and oxygen atoms in total. The first kappa shape index (κ1) is 13.1. The van der Waals surface area contributed by atoms with Crippen LogP contribution in [-0.4, -0.2) is 36.5 Å². The van der Waals surface area contributed by atoms with Gasteiger partial charge in [-0.2, -0.15) is 0 Å². The van der Waals surface area contributed by atoms with Gasteiger partial charge in [0, 0.05) is 30.8 Å². The van der Waals surface area contributed by atoms with Gasteiger partial charge in [-0.25, -0.2) is 0 Å². The van der Waals surface area contributed by atoms with Crippen molar-refractivity contribution in [2.45, 2.75) is 38.3 Å². The maximum Gasteiger partial charge on any atom is 0.0852 e. The minimum atomic E-state index is -0.637. The number of aliphatic hydroxyl groups is 1. The third-order valence-electron chi connectivity index (χ3n) is 4.54. The van der Waals surface area contributed by atoms with E-state index in [9.17, 15) is 5.11 Å². The molecular weight excluding hydrogens is 238 g/mol. The molecule has 19 heavy (non-hydrogen) atoms.